The Morgan fingerprint density at radius 3 is 1.48 bits per heavy atom. The maximum atomic E-state index is 12.2. The summed E-state index contributed by atoms with van der Waals surface area (Å²) in [7, 11) is 0. The molecule has 1 aliphatic rings. The number of benzene rings is 2. The van der Waals surface area contributed by atoms with E-state index >= 15 is 0 Å². The fourth-order valence-corrected chi connectivity index (χ4v) is 4.39. The van der Waals surface area contributed by atoms with Crippen molar-refractivity contribution in [1.82, 2.24) is 5.32 Å². The first-order valence-corrected chi connectivity index (χ1v) is 15.0. The quantitative estimate of drug-likeness (QED) is 0.106. The van der Waals surface area contributed by atoms with Crippen molar-refractivity contribution in [2.75, 3.05) is 99.0 Å². The van der Waals surface area contributed by atoms with E-state index in [9.17, 15) is 9.59 Å². The maximum absolute atomic E-state index is 12.2. The third-order valence-electron chi connectivity index (χ3n) is 6.53. The number of hydrogen-bond acceptors (Lipinski definition) is 10. The second-order valence-electron chi connectivity index (χ2n) is 9.84. The Hall–Kier alpha value is -3.32. The first-order chi connectivity index (χ1) is 21.6. The van der Waals surface area contributed by atoms with Crippen molar-refractivity contribution in [3.8, 4) is 11.1 Å². The van der Waals surface area contributed by atoms with Gasteiger partial charge in [0, 0.05) is 18.0 Å². The first kappa shape index (κ1) is 35.2. The zero-order chi connectivity index (χ0) is 31.2. The lowest BCUT2D eigenvalue weighted by Gasteiger charge is -2.14. The molecule has 0 heterocycles. The fourth-order valence-electron chi connectivity index (χ4n) is 4.39. The van der Waals surface area contributed by atoms with Crippen molar-refractivity contribution in [3.63, 3.8) is 0 Å². The van der Waals surface area contributed by atoms with Crippen LogP contribution < -0.4 is 5.32 Å². The van der Waals surface area contributed by atoms with Crippen LogP contribution in [0.3, 0.4) is 0 Å². The number of nitrogens with one attached hydrogen (secondary N) is 1. The third kappa shape index (κ3) is 13.1. The molecule has 0 bridgehead atoms. The normalized spacial score (nSPS) is 12.0. The highest BCUT2D eigenvalue weighted by Crippen LogP contribution is 2.44. The Morgan fingerprint density at radius 2 is 1.02 bits per heavy atom. The third-order valence-corrected chi connectivity index (χ3v) is 6.53. The molecule has 0 unspecified atom stereocenters. The average Bonchev–Trinajstić information content (AvgIpc) is 3.35. The Kier molecular flexibility index (Phi) is 17.1. The zero-order valence-corrected chi connectivity index (χ0v) is 25.6. The van der Waals surface area contributed by atoms with Crippen molar-refractivity contribution in [2.45, 2.75) is 12.8 Å². The lowest BCUT2D eigenvalue weighted by atomic mass is 9.98. The lowest BCUT2D eigenvalue weighted by Crippen LogP contribution is -2.29. The highest BCUT2D eigenvalue weighted by atomic mass is 16.6. The summed E-state index contributed by atoms with van der Waals surface area (Å²) in [6, 6.07) is 16.5. The molecule has 0 fully saturated rings. The highest BCUT2D eigenvalue weighted by molar-refractivity contribution is 5.86. The topological polar surface area (TPSA) is 120 Å². The number of rotatable bonds is 24. The van der Waals surface area contributed by atoms with Crippen LogP contribution in [-0.4, -0.2) is 111 Å². The minimum atomic E-state index is -0.456. The number of esters is 1. The molecule has 242 valence electrons. The van der Waals surface area contributed by atoms with Crippen molar-refractivity contribution in [1.29, 1.82) is 0 Å². The molecule has 0 radical (unpaired) electrons. The van der Waals surface area contributed by atoms with E-state index in [-0.39, 0.29) is 19.1 Å². The Morgan fingerprint density at radius 1 is 0.614 bits per heavy atom. The number of alkyl carbamates (subject to hydrolysis) is 1. The largest absolute Gasteiger partial charge is 0.460 e. The molecule has 1 amide bonds. The zero-order valence-electron chi connectivity index (χ0n) is 25.6. The van der Waals surface area contributed by atoms with Gasteiger partial charge in [-0.05, 0) is 29.2 Å². The van der Waals surface area contributed by atoms with Gasteiger partial charge in [0.15, 0.2) is 0 Å². The highest BCUT2D eigenvalue weighted by Gasteiger charge is 2.28. The summed E-state index contributed by atoms with van der Waals surface area (Å²) in [4.78, 5) is 23.4. The number of amides is 1. The van der Waals surface area contributed by atoms with Crippen LogP contribution in [0.4, 0.5) is 4.79 Å². The van der Waals surface area contributed by atoms with Crippen LogP contribution in [0.2, 0.25) is 0 Å². The van der Waals surface area contributed by atoms with Gasteiger partial charge in [0.2, 0.25) is 0 Å². The van der Waals surface area contributed by atoms with Crippen LogP contribution in [0.1, 0.15) is 24.0 Å². The number of fused-ring (bicyclic) bond motifs is 3. The van der Waals surface area contributed by atoms with Crippen LogP contribution in [-0.2, 0) is 42.7 Å². The second kappa shape index (κ2) is 21.4. The Balaban J connectivity index is 1.04. The van der Waals surface area contributed by atoms with Crippen molar-refractivity contribution in [2.24, 2.45) is 0 Å². The van der Waals surface area contributed by atoms with E-state index in [2.05, 4.69) is 36.2 Å². The van der Waals surface area contributed by atoms with Gasteiger partial charge in [-0.3, -0.25) is 0 Å². The van der Waals surface area contributed by atoms with Gasteiger partial charge in [-0.25, -0.2) is 9.59 Å². The van der Waals surface area contributed by atoms with Crippen molar-refractivity contribution < 1.29 is 47.5 Å². The molecule has 0 aliphatic heterocycles. The monoisotopic (exact) mass is 615 g/mol. The molecule has 3 rings (SSSR count). The summed E-state index contributed by atoms with van der Waals surface area (Å²) in [5.74, 6) is -0.381. The van der Waals surface area contributed by atoms with Gasteiger partial charge < -0.3 is 43.2 Å². The molecule has 2 aromatic rings. The van der Waals surface area contributed by atoms with E-state index in [0.29, 0.717) is 91.4 Å². The van der Waals surface area contributed by atoms with Crippen LogP contribution in [0.15, 0.2) is 60.7 Å². The van der Waals surface area contributed by atoms with E-state index in [4.69, 9.17) is 37.9 Å². The molecule has 0 saturated carbocycles. The van der Waals surface area contributed by atoms with Crippen molar-refractivity contribution in [3.05, 3.63) is 71.8 Å². The molecule has 0 aromatic heterocycles. The van der Waals surface area contributed by atoms with E-state index in [1.54, 1.807) is 6.92 Å². The number of hydrogen-bond donors (Lipinski definition) is 1. The van der Waals surface area contributed by atoms with E-state index in [1.165, 1.54) is 22.3 Å². The van der Waals surface area contributed by atoms with E-state index in [1.807, 2.05) is 24.3 Å². The number of carbonyl (C=O) groups is 2. The van der Waals surface area contributed by atoms with Crippen LogP contribution >= 0.6 is 0 Å². The first-order valence-electron chi connectivity index (χ1n) is 15.0. The van der Waals surface area contributed by atoms with Gasteiger partial charge in [-0.1, -0.05) is 55.1 Å². The van der Waals surface area contributed by atoms with Crippen LogP contribution in [0.5, 0.6) is 0 Å². The smallest absolute Gasteiger partial charge is 0.407 e. The summed E-state index contributed by atoms with van der Waals surface area (Å²) in [6.07, 6.45) is -0.456. The Labute approximate surface area is 259 Å². The molecule has 0 atom stereocenters. The molecule has 44 heavy (non-hydrogen) atoms. The molecule has 0 saturated heterocycles. The summed E-state index contributed by atoms with van der Waals surface area (Å²) in [6.45, 7) is 11.1. The second-order valence-corrected chi connectivity index (χ2v) is 9.84. The van der Waals surface area contributed by atoms with Crippen molar-refractivity contribution >= 4 is 12.1 Å². The summed E-state index contributed by atoms with van der Waals surface area (Å²) < 4.78 is 43.0. The van der Waals surface area contributed by atoms with Gasteiger partial charge in [0.25, 0.3) is 0 Å². The van der Waals surface area contributed by atoms with Crippen LogP contribution in [0.25, 0.3) is 11.1 Å². The lowest BCUT2D eigenvalue weighted by molar-refractivity contribution is -0.140. The summed E-state index contributed by atoms with van der Waals surface area (Å²) in [5.41, 5.74) is 5.13. The van der Waals surface area contributed by atoms with E-state index in [0.717, 1.165) is 0 Å². The van der Waals surface area contributed by atoms with Gasteiger partial charge in [-0.15, -0.1) is 0 Å². The SMILES string of the molecule is C=C(C)C(=O)OCCOCCOCCOCCOCCOCCOCCNC(=O)OCC1c2ccccc2-c2ccccc21. The summed E-state index contributed by atoms with van der Waals surface area (Å²) in [5, 5.41) is 2.73. The van der Waals surface area contributed by atoms with Gasteiger partial charge in [0.05, 0.1) is 79.3 Å². The molecule has 1 N–H and O–H groups in total. The Bertz CT molecular complexity index is 1100. The van der Waals surface area contributed by atoms with Crippen LogP contribution in [0, 0.1) is 0 Å². The van der Waals surface area contributed by atoms with E-state index < -0.39 is 12.1 Å². The standard InChI is InChI=1S/C33H45NO10/c1-26(2)32(35)43-24-23-42-22-21-41-20-19-40-18-17-39-16-15-38-14-13-37-12-11-34-33(36)44-25-31-29-9-5-3-7-27(29)28-8-4-6-10-30(28)31/h3-10,31H,1,11-25H2,2H3,(H,34,36). The molecule has 2 aromatic carbocycles. The molecule has 0 spiro atoms. The maximum Gasteiger partial charge on any atom is 0.407 e. The molecule has 1 aliphatic carbocycles. The number of ether oxygens (including phenoxy) is 8. The molecule has 11 nitrogen and oxygen atoms in total. The summed E-state index contributed by atoms with van der Waals surface area (Å²) >= 11 is 0. The van der Waals surface area contributed by atoms with Gasteiger partial charge in [-0.2, -0.15) is 0 Å². The molecular weight excluding hydrogens is 570 g/mol. The molecular formula is C33H45NO10. The minimum Gasteiger partial charge on any atom is -0.460 e. The predicted molar refractivity (Wildman–Crippen MR) is 164 cm³/mol. The fraction of sp³-hybridized carbons (Fsp3) is 0.515. The van der Waals surface area contributed by atoms with Gasteiger partial charge in [0.1, 0.15) is 13.2 Å². The predicted octanol–water partition coefficient (Wildman–Crippen LogP) is 3.74. The van der Waals surface area contributed by atoms with Gasteiger partial charge >= 0.3 is 12.1 Å². The average molecular weight is 616 g/mol. The molecule has 11 heteroatoms. The number of carbonyl (C=O) groups excluding carboxylic acids is 2. The minimum absolute atomic E-state index is 0.0364.